The van der Waals surface area contributed by atoms with Crippen molar-refractivity contribution in [2.24, 2.45) is 5.92 Å². The van der Waals surface area contributed by atoms with Crippen molar-refractivity contribution >= 4 is 22.6 Å². The molecule has 0 spiro atoms. The quantitative estimate of drug-likeness (QED) is 0.845. The molecule has 2 aromatic rings. The van der Waals surface area contributed by atoms with Gasteiger partial charge in [0.15, 0.2) is 5.82 Å². The molecule has 0 radical (unpaired) electrons. The molecule has 17 heavy (non-hydrogen) atoms. The fourth-order valence-electron chi connectivity index (χ4n) is 2.02. The van der Waals surface area contributed by atoms with Gasteiger partial charge in [-0.2, -0.15) is 4.68 Å². The van der Waals surface area contributed by atoms with Gasteiger partial charge < -0.3 is 10.5 Å². The van der Waals surface area contributed by atoms with Gasteiger partial charge in [0.25, 0.3) is 0 Å². The predicted octanol–water partition coefficient (Wildman–Crippen LogP) is 1.30. The summed E-state index contributed by atoms with van der Waals surface area (Å²) in [6.45, 7) is 1.33. The lowest BCUT2D eigenvalue weighted by atomic mass is 10.0. The summed E-state index contributed by atoms with van der Waals surface area (Å²) in [6.07, 6.45) is 0.463. The second-order valence-electron chi connectivity index (χ2n) is 4.32. The van der Waals surface area contributed by atoms with Crippen LogP contribution in [0.15, 0.2) is 24.3 Å². The number of benzene rings is 1. The van der Waals surface area contributed by atoms with E-state index in [9.17, 15) is 4.79 Å². The first-order valence-electron chi connectivity index (χ1n) is 5.60. The molecule has 88 valence electrons. The number of hydrogen-bond acceptors (Lipinski definition) is 4. The zero-order valence-corrected chi connectivity index (χ0v) is 9.30. The molecule has 2 N–H and O–H groups in total. The summed E-state index contributed by atoms with van der Waals surface area (Å²) in [7, 11) is 0. The number of nitrogens with zero attached hydrogens (tertiary/aromatic N) is 2. The first-order chi connectivity index (χ1) is 8.25. The number of rotatable bonds is 2. The number of aromatic nitrogens is 2. The van der Waals surface area contributed by atoms with E-state index in [2.05, 4.69) is 5.10 Å². The minimum absolute atomic E-state index is 0.0220. The minimum Gasteiger partial charge on any atom is -0.382 e. The van der Waals surface area contributed by atoms with Crippen LogP contribution in [0.2, 0.25) is 0 Å². The third-order valence-corrected chi connectivity index (χ3v) is 3.02. The molecule has 1 aromatic heterocycles. The Kier molecular flexibility index (Phi) is 2.33. The van der Waals surface area contributed by atoms with E-state index in [1.165, 1.54) is 4.68 Å². The highest BCUT2D eigenvalue weighted by Gasteiger charge is 2.24. The van der Waals surface area contributed by atoms with Gasteiger partial charge in [0.2, 0.25) is 5.91 Å². The summed E-state index contributed by atoms with van der Waals surface area (Å²) in [5.74, 6) is 0.705. The standard InChI is InChI=1S/C12H13N3O2/c13-12-9-3-1-2-4-10(9)15(14-12)11(16)5-8-6-17-7-8/h1-4,8H,5-7H2,(H2,13,14). The monoisotopic (exact) mass is 231 g/mol. The molecule has 0 saturated carbocycles. The van der Waals surface area contributed by atoms with Crippen LogP contribution in [0, 0.1) is 5.92 Å². The topological polar surface area (TPSA) is 70.1 Å². The molecule has 0 bridgehead atoms. The summed E-state index contributed by atoms with van der Waals surface area (Å²) in [5, 5.41) is 4.93. The van der Waals surface area contributed by atoms with Gasteiger partial charge in [-0.1, -0.05) is 12.1 Å². The number of carbonyl (C=O) groups excluding carboxylic acids is 1. The van der Waals surface area contributed by atoms with Crippen LogP contribution in [-0.2, 0) is 4.74 Å². The Morgan fingerprint density at radius 3 is 2.94 bits per heavy atom. The van der Waals surface area contributed by atoms with Crippen molar-refractivity contribution in [3.63, 3.8) is 0 Å². The average molecular weight is 231 g/mol. The Morgan fingerprint density at radius 2 is 2.24 bits per heavy atom. The van der Waals surface area contributed by atoms with Crippen LogP contribution in [0.4, 0.5) is 5.82 Å². The largest absolute Gasteiger partial charge is 0.382 e. The smallest absolute Gasteiger partial charge is 0.247 e. The maximum Gasteiger partial charge on any atom is 0.247 e. The second kappa shape index (κ2) is 3.85. The van der Waals surface area contributed by atoms with Crippen molar-refractivity contribution in [2.75, 3.05) is 18.9 Å². The van der Waals surface area contributed by atoms with E-state index in [1.807, 2.05) is 24.3 Å². The van der Waals surface area contributed by atoms with Crippen LogP contribution in [0.1, 0.15) is 11.2 Å². The number of fused-ring (bicyclic) bond motifs is 1. The van der Waals surface area contributed by atoms with Crippen LogP contribution >= 0.6 is 0 Å². The molecule has 1 fully saturated rings. The average Bonchev–Trinajstić information content (AvgIpc) is 2.62. The van der Waals surface area contributed by atoms with E-state index in [0.717, 1.165) is 10.9 Å². The van der Waals surface area contributed by atoms with Crippen molar-refractivity contribution in [3.05, 3.63) is 24.3 Å². The number of ether oxygens (including phenoxy) is 1. The molecule has 3 rings (SSSR count). The number of carbonyl (C=O) groups is 1. The van der Waals surface area contributed by atoms with Crippen molar-refractivity contribution in [1.82, 2.24) is 9.78 Å². The molecular formula is C12H13N3O2. The molecule has 0 aliphatic carbocycles. The Hall–Kier alpha value is -1.88. The van der Waals surface area contributed by atoms with Crippen molar-refractivity contribution in [2.45, 2.75) is 6.42 Å². The van der Waals surface area contributed by atoms with E-state index >= 15 is 0 Å². The van der Waals surface area contributed by atoms with Crippen molar-refractivity contribution in [3.8, 4) is 0 Å². The molecule has 1 saturated heterocycles. The lowest BCUT2D eigenvalue weighted by molar-refractivity contribution is -0.0333. The van der Waals surface area contributed by atoms with Gasteiger partial charge in [-0.15, -0.1) is 5.10 Å². The zero-order valence-electron chi connectivity index (χ0n) is 9.30. The fourth-order valence-corrected chi connectivity index (χ4v) is 2.02. The van der Waals surface area contributed by atoms with E-state index in [-0.39, 0.29) is 5.91 Å². The van der Waals surface area contributed by atoms with Crippen molar-refractivity contribution < 1.29 is 9.53 Å². The molecule has 2 heterocycles. The first kappa shape index (κ1) is 10.3. The summed E-state index contributed by atoms with van der Waals surface area (Å²) in [5.41, 5.74) is 6.56. The van der Waals surface area contributed by atoms with E-state index in [1.54, 1.807) is 0 Å². The van der Waals surface area contributed by atoms with Crippen LogP contribution in [0.25, 0.3) is 10.9 Å². The highest BCUT2D eigenvalue weighted by molar-refractivity contribution is 5.96. The second-order valence-corrected chi connectivity index (χ2v) is 4.32. The van der Waals surface area contributed by atoms with Crippen LogP contribution in [0.3, 0.4) is 0 Å². The normalized spacial score (nSPS) is 16.0. The molecule has 1 aromatic carbocycles. The van der Waals surface area contributed by atoms with E-state index in [4.69, 9.17) is 10.5 Å². The zero-order chi connectivity index (χ0) is 11.8. The minimum atomic E-state index is -0.0220. The first-order valence-corrected chi connectivity index (χ1v) is 5.60. The summed E-state index contributed by atoms with van der Waals surface area (Å²) < 4.78 is 6.46. The van der Waals surface area contributed by atoms with Gasteiger partial charge in [0.1, 0.15) is 0 Å². The molecule has 5 nitrogen and oxygen atoms in total. The number of nitrogens with two attached hydrogens (primary N) is 1. The molecular weight excluding hydrogens is 218 g/mol. The van der Waals surface area contributed by atoms with Gasteiger partial charge in [-0.05, 0) is 12.1 Å². The third kappa shape index (κ3) is 1.68. The Morgan fingerprint density at radius 1 is 1.47 bits per heavy atom. The molecule has 0 atom stereocenters. The molecule has 0 amide bonds. The maximum atomic E-state index is 12.1. The maximum absolute atomic E-state index is 12.1. The van der Waals surface area contributed by atoms with Crippen molar-refractivity contribution in [1.29, 1.82) is 0 Å². The van der Waals surface area contributed by atoms with Gasteiger partial charge >= 0.3 is 0 Å². The molecule has 1 aliphatic rings. The van der Waals surface area contributed by atoms with Gasteiger partial charge in [0.05, 0.1) is 18.7 Å². The fraction of sp³-hybridized carbons (Fsp3) is 0.333. The van der Waals surface area contributed by atoms with E-state index in [0.29, 0.717) is 31.4 Å². The lowest BCUT2D eigenvalue weighted by Gasteiger charge is -2.24. The summed E-state index contributed by atoms with van der Waals surface area (Å²) in [4.78, 5) is 12.1. The van der Waals surface area contributed by atoms with Gasteiger partial charge in [0, 0.05) is 17.7 Å². The third-order valence-electron chi connectivity index (χ3n) is 3.02. The number of hydrogen-bond donors (Lipinski definition) is 1. The molecule has 5 heteroatoms. The van der Waals surface area contributed by atoms with E-state index < -0.39 is 0 Å². The van der Waals surface area contributed by atoms with Gasteiger partial charge in [-0.25, -0.2) is 0 Å². The lowest BCUT2D eigenvalue weighted by Crippen LogP contribution is -2.31. The Labute approximate surface area is 98.2 Å². The van der Waals surface area contributed by atoms with Crippen LogP contribution < -0.4 is 5.73 Å². The number of para-hydroxylation sites is 1. The predicted molar refractivity (Wildman–Crippen MR) is 63.7 cm³/mol. The SMILES string of the molecule is Nc1nn(C(=O)CC2COC2)c2ccccc12. The highest BCUT2D eigenvalue weighted by Crippen LogP contribution is 2.22. The van der Waals surface area contributed by atoms with Crippen LogP contribution in [-0.4, -0.2) is 28.9 Å². The Balaban J connectivity index is 1.96. The summed E-state index contributed by atoms with van der Waals surface area (Å²) >= 11 is 0. The number of anilines is 1. The van der Waals surface area contributed by atoms with Crippen LogP contribution in [0.5, 0.6) is 0 Å². The molecule has 1 aliphatic heterocycles. The summed E-state index contributed by atoms with van der Waals surface area (Å²) in [6, 6.07) is 7.48. The Bertz CT molecular complexity index is 572. The number of nitrogen functional groups attached to an aromatic ring is 1. The highest BCUT2D eigenvalue weighted by atomic mass is 16.5. The van der Waals surface area contributed by atoms with Gasteiger partial charge in [-0.3, -0.25) is 4.79 Å². The molecule has 0 unspecified atom stereocenters.